The van der Waals surface area contributed by atoms with Crippen LogP contribution in [0.15, 0.2) is 53.0 Å². The first-order chi connectivity index (χ1) is 11.5. The van der Waals surface area contributed by atoms with Gasteiger partial charge in [-0.15, -0.1) is 0 Å². The third-order valence-electron chi connectivity index (χ3n) is 3.40. The van der Waals surface area contributed by atoms with Gasteiger partial charge in [0.1, 0.15) is 5.75 Å². The van der Waals surface area contributed by atoms with Gasteiger partial charge in [0.15, 0.2) is 6.61 Å². The number of ether oxygens (including phenoxy) is 1. The van der Waals surface area contributed by atoms with Crippen LogP contribution in [-0.4, -0.2) is 36.9 Å². The number of para-hydroxylation sites is 2. The molecule has 0 atom stereocenters. The fourth-order valence-corrected chi connectivity index (χ4v) is 2.41. The van der Waals surface area contributed by atoms with Gasteiger partial charge in [-0.1, -0.05) is 30.3 Å². The molecule has 0 aliphatic heterocycles. The minimum absolute atomic E-state index is 0.0443. The zero-order valence-corrected chi connectivity index (χ0v) is 15.2. The first-order valence-corrected chi connectivity index (χ1v) is 8.23. The number of aryl methyl sites for hydroxylation is 1. The van der Waals surface area contributed by atoms with E-state index in [1.54, 1.807) is 13.1 Å². The van der Waals surface area contributed by atoms with E-state index in [-0.39, 0.29) is 25.0 Å². The summed E-state index contributed by atoms with van der Waals surface area (Å²) >= 11 is 3.36. The summed E-state index contributed by atoms with van der Waals surface area (Å²) in [5.41, 5.74) is 1.62. The number of nitrogens with one attached hydrogen (secondary N) is 1. The van der Waals surface area contributed by atoms with Crippen molar-refractivity contribution < 1.29 is 14.3 Å². The summed E-state index contributed by atoms with van der Waals surface area (Å²) in [4.78, 5) is 25.5. The lowest BCUT2D eigenvalue weighted by Crippen LogP contribution is -2.37. The number of benzene rings is 2. The summed E-state index contributed by atoms with van der Waals surface area (Å²) in [6.45, 7) is 1.76. The Balaban J connectivity index is 1.84. The van der Waals surface area contributed by atoms with Crippen LogP contribution < -0.4 is 10.1 Å². The van der Waals surface area contributed by atoms with E-state index in [1.807, 2.05) is 49.4 Å². The van der Waals surface area contributed by atoms with E-state index in [4.69, 9.17) is 4.74 Å². The first-order valence-electron chi connectivity index (χ1n) is 7.44. The Bertz CT molecular complexity index is 734. The number of amides is 2. The molecule has 0 unspecified atom stereocenters. The van der Waals surface area contributed by atoms with E-state index in [0.717, 1.165) is 10.0 Å². The van der Waals surface area contributed by atoms with E-state index in [2.05, 4.69) is 21.2 Å². The molecular formula is C18H19BrN2O3. The van der Waals surface area contributed by atoms with Gasteiger partial charge in [0.25, 0.3) is 5.91 Å². The van der Waals surface area contributed by atoms with Crippen LogP contribution >= 0.6 is 15.9 Å². The van der Waals surface area contributed by atoms with Crippen molar-refractivity contribution in [2.24, 2.45) is 0 Å². The number of halogens is 1. The molecule has 2 aromatic carbocycles. The number of carbonyl (C=O) groups is 2. The summed E-state index contributed by atoms with van der Waals surface area (Å²) < 4.78 is 6.30. The highest BCUT2D eigenvalue weighted by molar-refractivity contribution is 9.10. The molecule has 2 aromatic rings. The Labute approximate surface area is 149 Å². The van der Waals surface area contributed by atoms with Gasteiger partial charge in [-0.05, 0) is 46.6 Å². The third kappa shape index (κ3) is 5.09. The van der Waals surface area contributed by atoms with E-state index in [9.17, 15) is 9.59 Å². The predicted molar refractivity (Wildman–Crippen MR) is 97.1 cm³/mol. The molecule has 5 nitrogen and oxygen atoms in total. The quantitative estimate of drug-likeness (QED) is 0.823. The van der Waals surface area contributed by atoms with Crippen molar-refractivity contribution in [3.8, 4) is 5.75 Å². The molecule has 0 heterocycles. The van der Waals surface area contributed by atoms with Crippen LogP contribution in [0.5, 0.6) is 5.75 Å². The van der Waals surface area contributed by atoms with Crippen LogP contribution in [0.3, 0.4) is 0 Å². The Kier molecular flexibility index (Phi) is 6.37. The summed E-state index contributed by atoms with van der Waals surface area (Å²) in [5, 5.41) is 2.76. The summed E-state index contributed by atoms with van der Waals surface area (Å²) in [6.07, 6.45) is 0. The van der Waals surface area contributed by atoms with Gasteiger partial charge >= 0.3 is 0 Å². The second-order valence-corrected chi connectivity index (χ2v) is 6.19. The van der Waals surface area contributed by atoms with Crippen molar-refractivity contribution in [1.82, 2.24) is 4.90 Å². The normalized spacial score (nSPS) is 10.1. The van der Waals surface area contributed by atoms with Crippen molar-refractivity contribution in [2.45, 2.75) is 6.92 Å². The molecule has 0 bridgehead atoms. The second-order valence-electron chi connectivity index (χ2n) is 5.33. The number of anilines is 1. The van der Waals surface area contributed by atoms with Crippen LogP contribution in [0.4, 0.5) is 5.69 Å². The smallest absolute Gasteiger partial charge is 0.260 e. The minimum atomic E-state index is -0.270. The molecule has 0 aliphatic carbocycles. The molecule has 126 valence electrons. The summed E-state index contributed by atoms with van der Waals surface area (Å²) in [6, 6.07) is 14.8. The fourth-order valence-electron chi connectivity index (χ4n) is 2.02. The molecule has 0 radical (unpaired) electrons. The van der Waals surface area contributed by atoms with Crippen molar-refractivity contribution in [3.63, 3.8) is 0 Å². The largest absolute Gasteiger partial charge is 0.484 e. The van der Waals surface area contributed by atoms with Crippen LogP contribution in [0.25, 0.3) is 0 Å². The van der Waals surface area contributed by atoms with Crippen molar-refractivity contribution in [1.29, 1.82) is 0 Å². The van der Waals surface area contributed by atoms with Gasteiger partial charge in [-0.25, -0.2) is 0 Å². The lowest BCUT2D eigenvalue weighted by molar-refractivity contribution is -0.135. The maximum Gasteiger partial charge on any atom is 0.260 e. The molecule has 0 fully saturated rings. The number of hydrogen-bond acceptors (Lipinski definition) is 3. The Morgan fingerprint density at radius 2 is 1.79 bits per heavy atom. The topological polar surface area (TPSA) is 58.6 Å². The molecular weight excluding hydrogens is 372 g/mol. The first kappa shape index (κ1) is 18.0. The highest BCUT2D eigenvalue weighted by Gasteiger charge is 2.14. The van der Waals surface area contributed by atoms with Gasteiger partial charge in [-0.2, -0.15) is 0 Å². The average molecular weight is 391 g/mol. The molecule has 24 heavy (non-hydrogen) atoms. The summed E-state index contributed by atoms with van der Waals surface area (Å²) in [7, 11) is 1.57. The monoisotopic (exact) mass is 390 g/mol. The third-order valence-corrected chi connectivity index (χ3v) is 4.09. The fraction of sp³-hybridized carbons (Fsp3) is 0.222. The molecule has 0 aliphatic rings. The van der Waals surface area contributed by atoms with Gasteiger partial charge in [0.2, 0.25) is 5.91 Å². The van der Waals surface area contributed by atoms with E-state index < -0.39 is 0 Å². The molecule has 0 saturated carbocycles. The average Bonchev–Trinajstić information content (AvgIpc) is 2.56. The summed E-state index contributed by atoms with van der Waals surface area (Å²) in [5.74, 6) is 0.131. The molecule has 2 amide bonds. The van der Waals surface area contributed by atoms with Crippen LogP contribution in [0, 0.1) is 6.92 Å². The minimum Gasteiger partial charge on any atom is -0.484 e. The van der Waals surface area contributed by atoms with E-state index >= 15 is 0 Å². The van der Waals surface area contributed by atoms with Crippen LogP contribution in [0.2, 0.25) is 0 Å². The lowest BCUT2D eigenvalue weighted by Gasteiger charge is -2.18. The number of likely N-dealkylation sites (N-methyl/N-ethyl adjacent to an activating group) is 1. The van der Waals surface area contributed by atoms with Crippen LogP contribution in [-0.2, 0) is 9.59 Å². The molecule has 2 rings (SSSR count). The maximum absolute atomic E-state index is 12.1. The Hall–Kier alpha value is -2.34. The lowest BCUT2D eigenvalue weighted by atomic mass is 10.2. The van der Waals surface area contributed by atoms with E-state index in [1.165, 1.54) is 4.90 Å². The number of nitrogens with zero attached hydrogens (tertiary/aromatic N) is 1. The van der Waals surface area contributed by atoms with Crippen molar-refractivity contribution >= 4 is 33.4 Å². The van der Waals surface area contributed by atoms with Gasteiger partial charge < -0.3 is 15.0 Å². The SMILES string of the molecule is Cc1ccccc1OCC(=O)N(C)CC(=O)Nc1ccccc1Br. The van der Waals surface area contributed by atoms with Gasteiger partial charge in [-0.3, -0.25) is 9.59 Å². The van der Waals surface area contributed by atoms with Crippen molar-refractivity contribution in [2.75, 3.05) is 25.5 Å². The van der Waals surface area contributed by atoms with Gasteiger partial charge in [0, 0.05) is 11.5 Å². The van der Waals surface area contributed by atoms with Gasteiger partial charge in [0.05, 0.1) is 12.2 Å². The predicted octanol–water partition coefficient (Wildman–Crippen LogP) is 3.23. The number of carbonyl (C=O) groups excluding carboxylic acids is 2. The Morgan fingerprint density at radius 1 is 1.12 bits per heavy atom. The molecule has 0 spiro atoms. The zero-order chi connectivity index (χ0) is 17.5. The highest BCUT2D eigenvalue weighted by Crippen LogP contribution is 2.21. The van der Waals surface area contributed by atoms with Crippen molar-refractivity contribution in [3.05, 3.63) is 58.6 Å². The van der Waals surface area contributed by atoms with Crippen LogP contribution in [0.1, 0.15) is 5.56 Å². The molecule has 6 heteroatoms. The zero-order valence-electron chi connectivity index (χ0n) is 13.6. The Morgan fingerprint density at radius 3 is 2.50 bits per heavy atom. The standard InChI is InChI=1S/C18H19BrN2O3/c1-13-7-3-6-10-16(13)24-12-18(23)21(2)11-17(22)20-15-9-5-4-8-14(15)19/h3-10H,11-12H2,1-2H3,(H,20,22). The second kappa shape index (κ2) is 8.49. The highest BCUT2D eigenvalue weighted by atomic mass is 79.9. The molecule has 1 N–H and O–H groups in total. The molecule has 0 aromatic heterocycles. The number of hydrogen-bond donors (Lipinski definition) is 1. The maximum atomic E-state index is 12.1. The molecule has 0 saturated heterocycles. The van der Waals surface area contributed by atoms with E-state index in [0.29, 0.717) is 11.4 Å². The number of rotatable bonds is 6.